The van der Waals surface area contributed by atoms with Crippen molar-refractivity contribution >= 4 is 51.9 Å². The Labute approximate surface area is 225 Å². The molecule has 3 heterocycles. The fraction of sp³-hybridized carbons (Fsp3) is 0.200. The number of hydrogen-bond donors (Lipinski definition) is 0. The second kappa shape index (κ2) is 9.13. The molecular weight excluding hydrogens is 492 g/mol. The molecule has 0 fully saturated rings. The number of nitrogens with zero attached hydrogens (tertiary/aromatic N) is 6. The molecule has 194 valence electrons. The van der Waals surface area contributed by atoms with Gasteiger partial charge in [-0.1, -0.05) is 54.6 Å². The lowest BCUT2D eigenvalue weighted by atomic mass is 9.60. The quantitative estimate of drug-likeness (QED) is 0.498. The molecule has 0 spiro atoms. The Kier molecular flexibility index (Phi) is 5.71. The predicted molar refractivity (Wildman–Crippen MR) is 151 cm³/mol. The second-order valence-corrected chi connectivity index (χ2v) is 9.83. The third kappa shape index (κ3) is 3.53. The van der Waals surface area contributed by atoms with Crippen molar-refractivity contribution in [3.8, 4) is 0 Å². The van der Waals surface area contributed by atoms with Crippen LogP contribution in [0.15, 0.2) is 106 Å². The molecule has 0 saturated carbocycles. The van der Waals surface area contributed by atoms with Crippen LogP contribution in [-0.4, -0.2) is 34.9 Å². The maximum absolute atomic E-state index is 14.6. The number of rotatable bonds is 5. The number of amides is 3. The molecular formula is C30H26N6O3. The summed E-state index contributed by atoms with van der Waals surface area (Å²) in [7, 11) is 0. The van der Waals surface area contributed by atoms with Gasteiger partial charge in [-0.3, -0.25) is 14.4 Å². The lowest BCUT2D eigenvalue weighted by Gasteiger charge is -2.37. The van der Waals surface area contributed by atoms with Gasteiger partial charge in [0.2, 0.25) is 0 Å². The van der Waals surface area contributed by atoms with Crippen molar-refractivity contribution in [3.05, 3.63) is 91.0 Å². The number of carbonyl (C=O) groups excluding carboxylic acids is 3. The van der Waals surface area contributed by atoms with Gasteiger partial charge in [0.25, 0.3) is 17.7 Å². The zero-order valence-corrected chi connectivity index (χ0v) is 21.7. The van der Waals surface area contributed by atoms with Crippen LogP contribution in [0.2, 0.25) is 0 Å². The van der Waals surface area contributed by atoms with E-state index in [-0.39, 0.29) is 0 Å². The Morgan fingerprint density at radius 2 is 0.897 bits per heavy atom. The number of benzene rings is 3. The van der Waals surface area contributed by atoms with Crippen LogP contribution in [0.1, 0.15) is 20.8 Å². The third-order valence-corrected chi connectivity index (χ3v) is 7.57. The average molecular weight is 519 g/mol. The van der Waals surface area contributed by atoms with Gasteiger partial charge in [-0.15, -0.1) is 0 Å². The van der Waals surface area contributed by atoms with Gasteiger partial charge in [0.15, 0.2) is 0 Å². The minimum atomic E-state index is -1.65. The van der Waals surface area contributed by atoms with Crippen LogP contribution in [0.5, 0.6) is 0 Å². The number of hydrogen-bond acceptors (Lipinski definition) is 6. The molecule has 39 heavy (non-hydrogen) atoms. The van der Waals surface area contributed by atoms with Gasteiger partial charge in [0, 0.05) is 11.4 Å². The minimum Gasteiger partial charge on any atom is -0.272 e. The van der Waals surface area contributed by atoms with Crippen molar-refractivity contribution in [2.75, 3.05) is 15.0 Å². The first-order valence-corrected chi connectivity index (χ1v) is 12.7. The number of hydrazone groups is 3. The summed E-state index contributed by atoms with van der Waals surface area (Å²) in [6.45, 7) is 5.15. The Hall–Kier alpha value is -4.92. The molecule has 3 aliphatic heterocycles. The highest BCUT2D eigenvalue weighted by Gasteiger charge is 2.68. The summed E-state index contributed by atoms with van der Waals surface area (Å²) in [4.78, 5) is 43.0. The number of anilines is 3. The van der Waals surface area contributed by atoms with Crippen LogP contribution in [-0.2, 0) is 14.4 Å². The van der Waals surface area contributed by atoms with Crippen LogP contribution in [0, 0.1) is 17.3 Å². The molecule has 0 saturated heterocycles. The monoisotopic (exact) mass is 518 g/mol. The van der Waals surface area contributed by atoms with Gasteiger partial charge >= 0.3 is 0 Å². The van der Waals surface area contributed by atoms with Gasteiger partial charge in [-0.25, -0.2) is 10.0 Å². The molecule has 0 radical (unpaired) electrons. The fourth-order valence-corrected chi connectivity index (χ4v) is 5.87. The van der Waals surface area contributed by atoms with Crippen molar-refractivity contribution in [1.82, 2.24) is 0 Å². The molecule has 0 unspecified atom stereocenters. The highest BCUT2D eigenvalue weighted by molar-refractivity contribution is 6.33. The van der Waals surface area contributed by atoms with Gasteiger partial charge in [-0.2, -0.15) is 20.3 Å². The molecule has 3 aromatic carbocycles. The van der Waals surface area contributed by atoms with Gasteiger partial charge in [0.05, 0.1) is 22.8 Å². The molecule has 3 aliphatic rings. The molecule has 0 aromatic heterocycles. The van der Waals surface area contributed by atoms with Crippen LogP contribution < -0.4 is 15.0 Å². The minimum absolute atomic E-state index is 0.363. The predicted octanol–water partition coefficient (Wildman–Crippen LogP) is 4.47. The van der Waals surface area contributed by atoms with E-state index >= 15 is 0 Å². The van der Waals surface area contributed by atoms with Crippen LogP contribution in [0.4, 0.5) is 17.1 Å². The highest BCUT2D eigenvalue weighted by Crippen LogP contribution is 2.51. The summed E-state index contributed by atoms with van der Waals surface area (Å²) in [5, 5.41) is 17.8. The SMILES string of the molecule is CC1=NN(c2ccccc2)C(=O)[C@H]1C1([C@@H]2C(=O)N(c3ccccc3)N=C2C)C(=O)N(c2ccccc2)N=C1C. The third-order valence-electron chi connectivity index (χ3n) is 7.57. The van der Waals surface area contributed by atoms with E-state index in [4.69, 9.17) is 0 Å². The van der Waals surface area contributed by atoms with Crippen LogP contribution in [0.3, 0.4) is 0 Å². The van der Waals surface area contributed by atoms with Crippen molar-refractivity contribution < 1.29 is 14.4 Å². The van der Waals surface area contributed by atoms with E-state index in [0.29, 0.717) is 34.2 Å². The Bertz CT molecular complexity index is 1490. The Balaban J connectivity index is 1.51. The van der Waals surface area contributed by atoms with Crippen molar-refractivity contribution in [2.24, 2.45) is 32.6 Å². The summed E-state index contributed by atoms with van der Waals surface area (Å²) in [5.41, 5.74) is 1.27. The number of carbonyl (C=O) groups is 3. The van der Waals surface area contributed by atoms with E-state index in [1.165, 1.54) is 15.0 Å². The Morgan fingerprint density at radius 1 is 0.538 bits per heavy atom. The van der Waals surface area contributed by atoms with E-state index < -0.39 is 35.0 Å². The van der Waals surface area contributed by atoms with Crippen LogP contribution in [0.25, 0.3) is 0 Å². The summed E-state index contributed by atoms with van der Waals surface area (Å²) < 4.78 is 0. The summed E-state index contributed by atoms with van der Waals surface area (Å²) in [5.74, 6) is -3.36. The van der Waals surface area contributed by atoms with E-state index in [1.54, 1.807) is 57.2 Å². The van der Waals surface area contributed by atoms with Gasteiger partial charge in [0.1, 0.15) is 17.3 Å². The average Bonchev–Trinajstić information content (AvgIpc) is 3.53. The van der Waals surface area contributed by atoms with Gasteiger partial charge < -0.3 is 0 Å². The summed E-state index contributed by atoms with van der Waals surface area (Å²) in [6.07, 6.45) is 0. The number of para-hydroxylation sites is 3. The van der Waals surface area contributed by atoms with Crippen LogP contribution >= 0.6 is 0 Å². The van der Waals surface area contributed by atoms with Crippen molar-refractivity contribution in [1.29, 1.82) is 0 Å². The topological polar surface area (TPSA) is 98.0 Å². The molecule has 0 bridgehead atoms. The second-order valence-electron chi connectivity index (χ2n) is 9.83. The van der Waals surface area contributed by atoms with Crippen molar-refractivity contribution in [2.45, 2.75) is 20.8 Å². The lowest BCUT2D eigenvalue weighted by Crippen LogP contribution is -2.58. The molecule has 2 atom stereocenters. The molecule has 0 N–H and O–H groups in total. The summed E-state index contributed by atoms with van der Waals surface area (Å²) >= 11 is 0. The first-order chi connectivity index (χ1) is 18.9. The maximum Gasteiger partial charge on any atom is 0.261 e. The molecule has 3 aromatic rings. The zero-order chi connectivity index (χ0) is 27.3. The van der Waals surface area contributed by atoms with E-state index in [0.717, 1.165) is 0 Å². The van der Waals surface area contributed by atoms with Gasteiger partial charge in [-0.05, 0) is 57.2 Å². The smallest absolute Gasteiger partial charge is 0.261 e. The molecule has 0 aliphatic carbocycles. The lowest BCUT2D eigenvalue weighted by molar-refractivity contribution is -0.136. The Morgan fingerprint density at radius 3 is 1.28 bits per heavy atom. The molecule has 3 amide bonds. The fourth-order valence-electron chi connectivity index (χ4n) is 5.87. The van der Waals surface area contributed by atoms with E-state index in [2.05, 4.69) is 15.3 Å². The first kappa shape index (κ1) is 24.4. The highest BCUT2D eigenvalue weighted by atomic mass is 16.2. The van der Waals surface area contributed by atoms with E-state index in [1.807, 2.05) is 54.6 Å². The van der Waals surface area contributed by atoms with E-state index in [9.17, 15) is 14.4 Å². The molecule has 9 nitrogen and oxygen atoms in total. The molecule has 6 rings (SSSR count). The first-order valence-electron chi connectivity index (χ1n) is 12.7. The van der Waals surface area contributed by atoms with Crippen molar-refractivity contribution in [3.63, 3.8) is 0 Å². The zero-order valence-electron chi connectivity index (χ0n) is 21.7. The maximum atomic E-state index is 14.6. The molecule has 9 heteroatoms. The summed E-state index contributed by atoms with van der Waals surface area (Å²) in [6, 6.07) is 27.1. The normalized spacial score (nSPS) is 22.4. The standard InChI is InChI=1S/C30H26N6O3/c1-19-25(27(37)34(31-19)22-13-7-4-8-14-22)30(21(3)33-36(29(30)39)24-17-11-6-12-18-24)26-20(2)32-35(28(26)38)23-15-9-5-10-16-23/h4-18,25-26H,1-3H3/t25-,26-/m0/s1. The largest absolute Gasteiger partial charge is 0.272 e.